The molecule has 0 unspecified atom stereocenters. The molecular weight excluding hydrogens is 277 g/mol. The lowest BCUT2D eigenvalue weighted by molar-refractivity contribution is -0.879. The summed E-state index contributed by atoms with van der Waals surface area (Å²) in [5.74, 6) is 6.31. The van der Waals surface area contributed by atoms with Gasteiger partial charge in [0.1, 0.15) is 6.54 Å². The third-order valence-electron chi connectivity index (χ3n) is 2.74. The van der Waals surface area contributed by atoms with Crippen molar-refractivity contribution in [3.05, 3.63) is 33.8 Å². The summed E-state index contributed by atoms with van der Waals surface area (Å²) in [6.45, 7) is 3.43. The van der Waals surface area contributed by atoms with E-state index in [1.807, 2.05) is 12.1 Å². The molecule has 0 spiro atoms. The first-order valence-electron chi connectivity index (χ1n) is 5.52. The number of likely N-dealkylation sites (tertiary alicyclic amines) is 1. The van der Waals surface area contributed by atoms with E-state index in [9.17, 15) is 0 Å². The van der Waals surface area contributed by atoms with Gasteiger partial charge in [0.25, 0.3) is 0 Å². The smallest absolute Gasteiger partial charge is 0.139 e. The van der Waals surface area contributed by atoms with Gasteiger partial charge in [-0.25, -0.2) is 0 Å². The molecule has 0 radical (unpaired) electrons. The van der Waals surface area contributed by atoms with E-state index < -0.39 is 0 Å². The molecule has 1 N–H and O–H groups in total. The SMILES string of the molecule is Clc1cc(Cl)cc(C#CC[NH+]2CCCC2)c1.[Cl-]. The van der Waals surface area contributed by atoms with Crippen LogP contribution in [0.4, 0.5) is 0 Å². The van der Waals surface area contributed by atoms with Crippen LogP contribution in [0.2, 0.25) is 10.0 Å². The van der Waals surface area contributed by atoms with Crippen molar-refractivity contribution in [1.29, 1.82) is 0 Å². The highest BCUT2D eigenvalue weighted by Gasteiger charge is 2.12. The molecule has 1 nitrogen and oxygen atoms in total. The average Bonchev–Trinajstić information content (AvgIpc) is 2.69. The maximum absolute atomic E-state index is 5.90. The Bertz CT molecular complexity index is 408. The Kier molecular flexibility index (Phi) is 6.16. The van der Waals surface area contributed by atoms with E-state index >= 15 is 0 Å². The molecule has 92 valence electrons. The lowest BCUT2D eigenvalue weighted by Crippen LogP contribution is -3.09. The van der Waals surface area contributed by atoms with Gasteiger partial charge in [0, 0.05) is 28.5 Å². The van der Waals surface area contributed by atoms with Gasteiger partial charge in [-0.1, -0.05) is 29.1 Å². The van der Waals surface area contributed by atoms with Crippen molar-refractivity contribution in [3.63, 3.8) is 0 Å². The Hall–Kier alpha value is -0.390. The highest BCUT2D eigenvalue weighted by Crippen LogP contribution is 2.18. The van der Waals surface area contributed by atoms with E-state index in [2.05, 4.69) is 11.8 Å². The topological polar surface area (TPSA) is 4.44 Å². The summed E-state index contributed by atoms with van der Waals surface area (Å²) in [5, 5.41) is 1.29. The third kappa shape index (κ3) is 4.77. The van der Waals surface area contributed by atoms with Crippen molar-refractivity contribution in [2.75, 3.05) is 19.6 Å². The van der Waals surface area contributed by atoms with Crippen LogP contribution in [0, 0.1) is 11.8 Å². The summed E-state index contributed by atoms with van der Waals surface area (Å²) in [4.78, 5) is 1.58. The highest BCUT2D eigenvalue weighted by molar-refractivity contribution is 6.34. The van der Waals surface area contributed by atoms with Crippen LogP contribution >= 0.6 is 23.2 Å². The minimum Gasteiger partial charge on any atom is -1.00 e. The quantitative estimate of drug-likeness (QED) is 0.635. The molecule has 1 aromatic carbocycles. The molecule has 1 heterocycles. The summed E-state index contributed by atoms with van der Waals surface area (Å²) < 4.78 is 0. The second kappa shape index (κ2) is 7.13. The number of nitrogens with one attached hydrogen (secondary N) is 1. The molecule has 1 aliphatic heterocycles. The van der Waals surface area contributed by atoms with Crippen molar-refractivity contribution in [2.45, 2.75) is 12.8 Å². The molecular formula is C13H14Cl3N. The van der Waals surface area contributed by atoms with Crippen molar-refractivity contribution in [2.24, 2.45) is 0 Å². The molecule has 4 heteroatoms. The zero-order valence-electron chi connectivity index (χ0n) is 9.40. The maximum atomic E-state index is 5.90. The minimum atomic E-state index is 0. The van der Waals surface area contributed by atoms with E-state index in [1.165, 1.54) is 25.9 Å². The second-order valence-corrected chi connectivity index (χ2v) is 4.97. The molecule has 0 amide bonds. The fourth-order valence-electron chi connectivity index (χ4n) is 1.95. The van der Waals surface area contributed by atoms with Gasteiger partial charge < -0.3 is 17.3 Å². The van der Waals surface area contributed by atoms with Crippen molar-refractivity contribution in [1.82, 2.24) is 0 Å². The Morgan fingerprint density at radius 3 is 2.24 bits per heavy atom. The number of halogens is 3. The van der Waals surface area contributed by atoms with Crippen LogP contribution in [0.5, 0.6) is 0 Å². The van der Waals surface area contributed by atoms with Crippen LogP contribution in [0.1, 0.15) is 18.4 Å². The van der Waals surface area contributed by atoms with Crippen LogP contribution in [0.3, 0.4) is 0 Å². The van der Waals surface area contributed by atoms with Crippen LogP contribution in [0.15, 0.2) is 18.2 Å². The molecule has 0 bridgehead atoms. The van der Waals surface area contributed by atoms with Gasteiger partial charge in [-0.05, 0) is 24.1 Å². The highest BCUT2D eigenvalue weighted by atomic mass is 35.5. The first-order chi connectivity index (χ1) is 7.74. The van der Waals surface area contributed by atoms with Gasteiger partial charge in [0.15, 0.2) is 0 Å². The lowest BCUT2D eigenvalue weighted by Gasteiger charge is -2.05. The normalized spacial score (nSPS) is 14.9. The maximum Gasteiger partial charge on any atom is 0.139 e. The van der Waals surface area contributed by atoms with Crippen LogP contribution in [-0.2, 0) is 0 Å². The number of hydrogen-bond donors (Lipinski definition) is 1. The predicted octanol–water partition coefficient (Wildman–Crippen LogP) is -0.972. The Labute approximate surface area is 118 Å². The fourth-order valence-corrected chi connectivity index (χ4v) is 2.48. The largest absolute Gasteiger partial charge is 1.00 e. The Balaban J connectivity index is 0.00000144. The summed E-state index contributed by atoms with van der Waals surface area (Å²) in [6, 6.07) is 5.42. The van der Waals surface area contributed by atoms with Gasteiger partial charge in [-0.3, -0.25) is 0 Å². The minimum absolute atomic E-state index is 0. The van der Waals surface area contributed by atoms with Crippen molar-refractivity contribution >= 4 is 23.2 Å². The van der Waals surface area contributed by atoms with E-state index in [4.69, 9.17) is 23.2 Å². The second-order valence-electron chi connectivity index (χ2n) is 4.09. The summed E-state index contributed by atoms with van der Waals surface area (Å²) in [7, 11) is 0. The third-order valence-corrected chi connectivity index (χ3v) is 3.18. The number of benzene rings is 1. The van der Waals surface area contributed by atoms with Gasteiger partial charge in [-0.15, -0.1) is 0 Å². The molecule has 1 aromatic rings. The monoisotopic (exact) mass is 289 g/mol. The molecule has 2 rings (SSSR count). The zero-order valence-corrected chi connectivity index (χ0v) is 11.7. The van der Waals surface area contributed by atoms with Gasteiger partial charge >= 0.3 is 0 Å². The van der Waals surface area contributed by atoms with Crippen LogP contribution < -0.4 is 17.3 Å². The van der Waals surface area contributed by atoms with Crippen molar-refractivity contribution < 1.29 is 17.3 Å². The summed E-state index contributed by atoms with van der Waals surface area (Å²) in [5.41, 5.74) is 0.899. The zero-order chi connectivity index (χ0) is 11.4. The lowest BCUT2D eigenvalue weighted by atomic mass is 10.2. The first kappa shape index (κ1) is 14.7. The Morgan fingerprint density at radius 2 is 1.65 bits per heavy atom. The number of rotatable bonds is 1. The van der Waals surface area contributed by atoms with Crippen LogP contribution in [-0.4, -0.2) is 19.6 Å². The molecule has 1 aliphatic rings. The summed E-state index contributed by atoms with van der Waals surface area (Å²) in [6.07, 6.45) is 2.67. The van der Waals surface area contributed by atoms with Gasteiger partial charge in [-0.2, -0.15) is 0 Å². The molecule has 0 saturated carbocycles. The van der Waals surface area contributed by atoms with E-state index in [0.29, 0.717) is 10.0 Å². The predicted molar refractivity (Wildman–Crippen MR) is 68.1 cm³/mol. The van der Waals surface area contributed by atoms with Gasteiger partial charge in [0.05, 0.1) is 13.1 Å². The molecule has 1 saturated heterocycles. The number of hydrogen-bond acceptors (Lipinski definition) is 0. The molecule has 0 aliphatic carbocycles. The van der Waals surface area contributed by atoms with E-state index in [-0.39, 0.29) is 12.4 Å². The van der Waals surface area contributed by atoms with Crippen LogP contribution in [0.25, 0.3) is 0 Å². The molecule has 1 fully saturated rings. The van der Waals surface area contributed by atoms with Crippen molar-refractivity contribution in [3.8, 4) is 11.8 Å². The van der Waals surface area contributed by atoms with E-state index in [0.717, 1.165) is 12.1 Å². The molecule has 0 aromatic heterocycles. The molecule has 0 atom stereocenters. The Morgan fingerprint density at radius 1 is 1.06 bits per heavy atom. The number of quaternary nitrogens is 1. The standard InChI is InChI=1S/C13H13Cl2N.ClH/c14-12-8-11(9-13(15)10-12)4-3-7-16-5-1-2-6-16;/h8-10H,1-2,5-7H2;1H. The fraction of sp³-hybridized carbons (Fsp3) is 0.385. The molecule has 17 heavy (non-hydrogen) atoms. The van der Waals surface area contributed by atoms with Gasteiger partial charge in [0.2, 0.25) is 0 Å². The average molecular weight is 291 g/mol. The summed E-state index contributed by atoms with van der Waals surface area (Å²) >= 11 is 11.8. The first-order valence-corrected chi connectivity index (χ1v) is 6.28. The van der Waals surface area contributed by atoms with E-state index in [1.54, 1.807) is 11.0 Å².